The van der Waals surface area contributed by atoms with E-state index in [2.05, 4.69) is 10.1 Å². The van der Waals surface area contributed by atoms with Crippen molar-refractivity contribution in [1.82, 2.24) is 19.5 Å². The Kier molecular flexibility index (Phi) is 6.70. The highest BCUT2D eigenvalue weighted by molar-refractivity contribution is 5.93. The number of hydrogen-bond donors (Lipinski definition) is 1. The number of halogens is 3. The molecule has 0 radical (unpaired) electrons. The second kappa shape index (κ2) is 10.1. The first-order valence-electron chi connectivity index (χ1n) is 14.0. The first kappa shape index (κ1) is 26.6. The van der Waals surface area contributed by atoms with Gasteiger partial charge in [0.15, 0.2) is 5.65 Å². The van der Waals surface area contributed by atoms with Crippen molar-refractivity contribution < 1.29 is 27.9 Å². The van der Waals surface area contributed by atoms with Crippen LogP contribution in [0.4, 0.5) is 18.9 Å². The number of aliphatic carboxylic acids is 1. The number of hydrogen-bond acceptors (Lipinski definition) is 5. The molecule has 1 saturated carbocycles. The van der Waals surface area contributed by atoms with E-state index in [1.54, 1.807) is 24.3 Å². The summed E-state index contributed by atoms with van der Waals surface area (Å²) in [4.78, 5) is 33.1. The van der Waals surface area contributed by atoms with E-state index >= 15 is 4.39 Å². The number of benzene rings is 1. The third-order valence-corrected chi connectivity index (χ3v) is 8.63. The van der Waals surface area contributed by atoms with Crippen molar-refractivity contribution in [3.8, 4) is 11.3 Å². The molecule has 2 aliphatic heterocycles. The molecule has 1 aromatic carbocycles. The molecule has 3 aliphatic rings. The van der Waals surface area contributed by atoms with Crippen LogP contribution in [-0.4, -0.2) is 68.1 Å². The molecule has 212 valence electrons. The number of carbonyl (C=O) groups is 2. The maximum atomic E-state index is 15.4. The number of amides is 1. The summed E-state index contributed by atoms with van der Waals surface area (Å²) in [6, 6.07) is 7.89. The van der Waals surface area contributed by atoms with Gasteiger partial charge in [0.2, 0.25) is 5.92 Å². The maximum Gasteiger partial charge on any atom is 0.308 e. The lowest BCUT2D eigenvalue weighted by Gasteiger charge is -2.35. The van der Waals surface area contributed by atoms with Crippen molar-refractivity contribution >= 4 is 23.2 Å². The first-order chi connectivity index (χ1) is 19.1. The zero-order chi connectivity index (χ0) is 28.2. The molecule has 4 heterocycles. The Bertz CT molecular complexity index is 1470. The van der Waals surface area contributed by atoms with Gasteiger partial charge in [-0.15, -0.1) is 0 Å². The normalized spacial score (nSPS) is 23.3. The van der Waals surface area contributed by atoms with Gasteiger partial charge in [0, 0.05) is 61.8 Å². The fourth-order valence-corrected chi connectivity index (χ4v) is 6.23. The largest absolute Gasteiger partial charge is 0.481 e. The van der Waals surface area contributed by atoms with E-state index in [0.717, 1.165) is 25.7 Å². The quantitative estimate of drug-likeness (QED) is 0.456. The molecule has 1 N–H and O–H groups in total. The van der Waals surface area contributed by atoms with Gasteiger partial charge in [0.1, 0.15) is 11.5 Å². The summed E-state index contributed by atoms with van der Waals surface area (Å²) in [6.45, 7) is 3.47. The van der Waals surface area contributed by atoms with E-state index in [1.165, 1.54) is 10.6 Å². The monoisotopic (exact) mass is 555 g/mol. The van der Waals surface area contributed by atoms with Crippen LogP contribution in [0.15, 0.2) is 30.3 Å². The summed E-state index contributed by atoms with van der Waals surface area (Å²) < 4.78 is 44.6. The predicted molar refractivity (Wildman–Crippen MR) is 142 cm³/mol. The zero-order valence-corrected chi connectivity index (χ0v) is 22.3. The van der Waals surface area contributed by atoms with Crippen molar-refractivity contribution in [2.75, 3.05) is 24.5 Å². The van der Waals surface area contributed by atoms with Crippen LogP contribution in [0.25, 0.3) is 16.9 Å². The fourth-order valence-electron chi connectivity index (χ4n) is 6.23. The average molecular weight is 556 g/mol. The molecule has 0 unspecified atom stereocenters. The number of aromatic nitrogens is 3. The van der Waals surface area contributed by atoms with E-state index in [4.69, 9.17) is 0 Å². The number of likely N-dealkylation sites (tertiary alicyclic amines) is 1. The number of fused-ring (bicyclic) bond motifs is 1. The van der Waals surface area contributed by atoms with E-state index in [-0.39, 0.29) is 41.7 Å². The molecule has 11 heteroatoms. The highest BCUT2D eigenvalue weighted by Gasteiger charge is 2.47. The summed E-state index contributed by atoms with van der Waals surface area (Å²) in [6.07, 6.45) is 3.72. The van der Waals surface area contributed by atoms with Crippen molar-refractivity contribution in [3.05, 3.63) is 47.5 Å². The lowest BCUT2D eigenvalue weighted by Crippen LogP contribution is -2.39. The molecule has 2 aromatic heterocycles. The first-order valence-corrected chi connectivity index (χ1v) is 14.0. The van der Waals surface area contributed by atoms with Gasteiger partial charge in [-0.3, -0.25) is 9.59 Å². The minimum atomic E-state index is -2.77. The minimum absolute atomic E-state index is 0.0546. The highest BCUT2D eigenvalue weighted by atomic mass is 19.3. The molecular weight excluding hydrogens is 523 g/mol. The Morgan fingerprint density at radius 1 is 1.05 bits per heavy atom. The standard InChI is InChI=1S/C29H32F3N5O3/c1-17-5-3-2-4-9-36(17)27(38)24-12-25(19-14-29(31,32)15-19)37-26(33-24)13-23(34-37)21-7-6-20(11-22(21)30)35-10-8-18(16-35)28(39)40/h6-7,11-13,17-19H,2-5,8-10,14-16H2,1H3,(H,39,40)/t17-,18+/m1/s1. The van der Waals surface area contributed by atoms with E-state index in [0.29, 0.717) is 43.1 Å². The summed E-state index contributed by atoms with van der Waals surface area (Å²) >= 11 is 0. The summed E-state index contributed by atoms with van der Waals surface area (Å²) in [7, 11) is 0. The van der Waals surface area contributed by atoms with Crippen LogP contribution in [0.3, 0.4) is 0 Å². The number of carboxylic acids is 1. The number of carbonyl (C=O) groups excluding carboxylic acids is 1. The van der Waals surface area contributed by atoms with Crippen molar-refractivity contribution in [2.24, 2.45) is 5.92 Å². The van der Waals surface area contributed by atoms with E-state index in [1.807, 2.05) is 16.7 Å². The van der Waals surface area contributed by atoms with Crippen LogP contribution in [0.2, 0.25) is 0 Å². The van der Waals surface area contributed by atoms with Gasteiger partial charge in [-0.25, -0.2) is 22.7 Å². The second-order valence-electron chi connectivity index (χ2n) is 11.5. The molecular formula is C29H32F3N5O3. The number of nitrogens with zero attached hydrogens (tertiary/aromatic N) is 5. The Balaban J connectivity index is 1.35. The van der Waals surface area contributed by atoms with Crippen LogP contribution < -0.4 is 4.90 Å². The number of rotatable bonds is 5. The van der Waals surface area contributed by atoms with E-state index in [9.17, 15) is 23.5 Å². The fraction of sp³-hybridized carbons (Fsp3) is 0.517. The van der Waals surface area contributed by atoms with Gasteiger partial charge in [0.25, 0.3) is 5.91 Å². The molecule has 1 amide bonds. The van der Waals surface area contributed by atoms with Crippen molar-refractivity contribution in [3.63, 3.8) is 0 Å². The predicted octanol–water partition coefficient (Wildman–Crippen LogP) is 5.36. The minimum Gasteiger partial charge on any atom is -0.481 e. The van der Waals surface area contributed by atoms with Gasteiger partial charge in [-0.1, -0.05) is 12.8 Å². The maximum absolute atomic E-state index is 15.4. The van der Waals surface area contributed by atoms with Crippen LogP contribution in [-0.2, 0) is 4.79 Å². The average Bonchev–Trinajstić information content (AvgIpc) is 3.51. The SMILES string of the molecule is C[C@@H]1CCCCCN1C(=O)c1cc(C2CC(F)(F)C2)n2nc(-c3ccc(N4CC[C@H](C(=O)O)C4)cc3F)cc2n1. The zero-order valence-electron chi connectivity index (χ0n) is 22.3. The molecule has 1 aliphatic carbocycles. The molecule has 0 bridgehead atoms. The van der Waals surface area contributed by atoms with Gasteiger partial charge >= 0.3 is 5.97 Å². The number of alkyl halides is 2. The Labute approximate surface area is 229 Å². The second-order valence-corrected chi connectivity index (χ2v) is 11.5. The molecule has 40 heavy (non-hydrogen) atoms. The third-order valence-electron chi connectivity index (χ3n) is 8.63. The Morgan fingerprint density at radius 2 is 1.85 bits per heavy atom. The summed E-state index contributed by atoms with van der Waals surface area (Å²) in [5.74, 6) is -5.37. The summed E-state index contributed by atoms with van der Waals surface area (Å²) in [5, 5.41) is 13.8. The van der Waals surface area contributed by atoms with Crippen LogP contribution >= 0.6 is 0 Å². The molecule has 2 saturated heterocycles. The molecule has 0 spiro atoms. The molecule has 6 rings (SSSR count). The van der Waals surface area contributed by atoms with Crippen molar-refractivity contribution in [1.29, 1.82) is 0 Å². The van der Waals surface area contributed by atoms with Crippen LogP contribution in [0.5, 0.6) is 0 Å². The van der Waals surface area contributed by atoms with Gasteiger partial charge < -0.3 is 14.9 Å². The smallest absolute Gasteiger partial charge is 0.308 e. The van der Waals surface area contributed by atoms with Crippen molar-refractivity contribution in [2.45, 2.75) is 69.8 Å². The van der Waals surface area contributed by atoms with Crippen LogP contribution in [0.1, 0.15) is 74.0 Å². The lowest BCUT2D eigenvalue weighted by atomic mass is 9.79. The lowest BCUT2D eigenvalue weighted by molar-refractivity contribution is -0.140. The number of carboxylic acid groups (broad SMARTS) is 1. The third kappa shape index (κ3) is 4.90. The van der Waals surface area contributed by atoms with Gasteiger partial charge in [-0.05, 0) is 50.5 Å². The Morgan fingerprint density at radius 3 is 2.55 bits per heavy atom. The van der Waals surface area contributed by atoms with Gasteiger partial charge in [-0.2, -0.15) is 5.10 Å². The number of anilines is 1. The molecule has 2 atom stereocenters. The topological polar surface area (TPSA) is 91.0 Å². The van der Waals surface area contributed by atoms with Gasteiger partial charge in [0.05, 0.1) is 17.3 Å². The highest BCUT2D eigenvalue weighted by Crippen LogP contribution is 2.48. The van der Waals surface area contributed by atoms with Crippen LogP contribution in [0, 0.1) is 11.7 Å². The molecule has 3 aromatic rings. The van der Waals surface area contributed by atoms with E-state index < -0.39 is 29.5 Å². The summed E-state index contributed by atoms with van der Waals surface area (Å²) in [5.41, 5.74) is 2.05. The molecule has 3 fully saturated rings. The Hall–Kier alpha value is -3.63. The molecule has 8 nitrogen and oxygen atoms in total.